The molecule has 0 saturated heterocycles. The molecule has 0 aliphatic rings. The number of carbonyl (C=O) groups is 1. The highest BCUT2D eigenvalue weighted by Crippen LogP contribution is 2.21. The van der Waals surface area contributed by atoms with E-state index >= 15 is 0 Å². The number of hydrogen-bond acceptors (Lipinski definition) is 3. The van der Waals surface area contributed by atoms with Crippen molar-refractivity contribution in [2.24, 2.45) is 0 Å². The van der Waals surface area contributed by atoms with Gasteiger partial charge in [-0.2, -0.15) is 5.26 Å². The number of esters is 1. The minimum Gasteiger partial charge on any atom is -0.423 e. The Labute approximate surface area is 119 Å². The summed E-state index contributed by atoms with van der Waals surface area (Å²) in [7, 11) is 0. The van der Waals surface area contributed by atoms with Crippen molar-refractivity contribution in [3.63, 3.8) is 0 Å². The summed E-state index contributed by atoms with van der Waals surface area (Å²) >= 11 is 11.6. The van der Waals surface area contributed by atoms with Gasteiger partial charge in [0.2, 0.25) is 0 Å². The zero-order chi connectivity index (χ0) is 13.8. The Morgan fingerprint density at radius 3 is 2.42 bits per heavy atom. The third-order valence-corrected chi connectivity index (χ3v) is 2.71. The van der Waals surface area contributed by atoms with E-state index in [1.165, 1.54) is 24.3 Å². The van der Waals surface area contributed by atoms with Crippen molar-refractivity contribution in [2.45, 2.75) is 0 Å². The molecule has 0 heterocycles. The van der Waals surface area contributed by atoms with Gasteiger partial charge in [-0.15, -0.1) is 0 Å². The monoisotopic (exact) mass is 291 g/mol. The van der Waals surface area contributed by atoms with Crippen LogP contribution in [0.15, 0.2) is 42.5 Å². The minimum absolute atomic E-state index is 0.250. The first kappa shape index (κ1) is 13.4. The van der Waals surface area contributed by atoms with Crippen molar-refractivity contribution in [3.8, 4) is 11.8 Å². The van der Waals surface area contributed by atoms with Crippen LogP contribution in [0.4, 0.5) is 0 Å². The van der Waals surface area contributed by atoms with Gasteiger partial charge >= 0.3 is 5.97 Å². The molecule has 2 rings (SSSR count). The van der Waals surface area contributed by atoms with Crippen molar-refractivity contribution < 1.29 is 9.53 Å². The summed E-state index contributed by atoms with van der Waals surface area (Å²) in [6.45, 7) is 0. The Balaban J connectivity index is 2.23. The van der Waals surface area contributed by atoms with Crippen LogP contribution in [0.3, 0.4) is 0 Å². The molecular formula is C14H7Cl2NO2. The molecule has 94 valence electrons. The maximum absolute atomic E-state index is 11.9. The average Bonchev–Trinajstić information content (AvgIpc) is 2.37. The Morgan fingerprint density at radius 1 is 1.11 bits per heavy atom. The Bertz CT molecular complexity index is 657. The van der Waals surface area contributed by atoms with E-state index in [2.05, 4.69) is 0 Å². The standard InChI is InChI=1S/C14H7Cl2NO2/c15-11-5-10(6-12(16)7-11)14(18)19-13-3-1-2-9(4-13)8-17/h1-7H. The van der Waals surface area contributed by atoms with E-state index in [1.54, 1.807) is 18.2 Å². The van der Waals surface area contributed by atoms with Crippen LogP contribution in [0, 0.1) is 11.3 Å². The molecule has 0 bridgehead atoms. The predicted octanol–water partition coefficient (Wildman–Crippen LogP) is 4.08. The molecule has 0 aliphatic heterocycles. The fraction of sp³-hybridized carbons (Fsp3) is 0. The third kappa shape index (κ3) is 3.47. The molecule has 0 saturated carbocycles. The van der Waals surface area contributed by atoms with Crippen LogP contribution >= 0.6 is 23.2 Å². The van der Waals surface area contributed by atoms with E-state index in [1.807, 2.05) is 6.07 Å². The van der Waals surface area contributed by atoms with Crippen molar-refractivity contribution >= 4 is 29.2 Å². The second-order valence-corrected chi connectivity index (χ2v) is 4.56. The van der Waals surface area contributed by atoms with Gasteiger partial charge in [-0.25, -0.2) is 4.79 Å². The third-order valence-electron chi connectivity index (χ3n) is 2.27. The van der Waals surface area contributed by atoms with Crippen LogP contribution in [-0.4, -0.2) is 5.97 Å². The molecule has 0 aliphatic carbocycles. The Morgan fingerprint density at radius 2 is 1.79 bits per heavy atom. The molecule has 0 N–H and O–H groups in total. The molecule has 0 aromatic heterocycles. The van der Waals surface area contributed by atoms with Crippen LogP contribution in [-0.2, 0) is 0 Å². The molecule has 2 aromatic carbocycles. The first-order valence-electron chi connectivity index (χ1n) is 5.27. The maximum Gasteiger partial charge on any atom is 0.343 e. The summed E-state index contributed by atoms with van der Waals surface area (Å²) in [6.07, 6.45) is 0. The minimum atomic E-state index is -0.584. The molecule has 19 heavy (non-hydrogen) atoms. The largest absolute Gasteiger partial charge is 0.423 e. The van der Waals surface area contributed by atoms with E-state index < -0.39 is 5.97 Å². The van der Waals surface area contributed by atoms with Gasteiger partial charge in [0.1, 0.15) is 5.75 Å². The predicted molar refractivity (Wildman–Crippen MR) is 72.6 cm³/mol. The molecule has 0 radical (unpaired) electrons. The van der Waals surface area contributed by atoms with E-state index in [-0.39, 0.29) is 5.56 Å². The Hall–Kier alpha value is -2.02. The number of nitrogens with zero attached hydrogens (tertiary/aromatic N) is 1. The SMILES string of the molecule is N#Cc1cccc(OC(=O)c2cc(Cl)cc(Cl)c2)c1. The lowest BCUT2D eigenvalue weighted by Crippen LogP contribution is -2.08. The van der Waals surface area contributed by atoms with Crippen LogP contribution < -0.4 is 4.74 Å². The van der Waals surface area contributed by atoms with Gasteiger partial charge in [-0.3, -0.25) is 0 Å². The molecular weight excluding hydrogens is 285 g/mol. The van der Waals surface area contributed by atoms with Gasteiger partial charge in [0, 0.05) is 10.0 Å². The van der Waals surface area contributed by atoms with E-state index in [0.29, 0.717) is 21.4 Å². The highest BCUT2D eigenvalue weighted by molar-refractivity contribution is 6.35. The number of ether oxygens (including phenoxy) is 1. The van der Waals surface area contributed by atoms with Gasteiger partial charge in [0.25, 0.3) is 0 Å². The molecule has 0 fully saturated rings. The van der Waals surface area contributed by atoms with Gasteiger partial charge in [-0.05, 0) is 36.4 Å². The summed E-state index contributed by atoms with van der Waals surface area (Å²) in [6, 6.07) is 12.7. The zero-order valence-electron chi connectivity index (χ0n) is 9.56. The van der Waals surface area contributed by atoms with Crippen LogP contribution in [0.5, 0.6) is 5.75 Å². The number of benzene rings is 2. The smallest absolute Gasteiger partial charge is 0.343 e. The Kier molecular flexibility index (Phi) is 4.06. The molecule has 3 nitrogen and oxygen atoms in total. The highest BCUT2D eigenvalue weighted by Gasteiger charge is 2.10. The van der Waals surface area contributed by atoms with Gasteiger partial charge in [0.05, 0.1) is 17.2 Å². The van der Waals surface area contributed by atoms with Crippen molar-refractivity contribution in [1.82, 2.24) is 0 Å². The van der Waals surface area contributed by atoms with Crippen LogP contribution in [0.1, 0.15) is 15.9 Å². The van der Waals surface area contributed by atoms with Crippen molar-refractivity contribution in [3.05, 3.63) is 63.6 Å². The van der Waals surface area contributed by atoms with Crippen molar-refractivity contribution in [2.75, 3.05) is 0 Å². The summed E-state index contributed by atoms with van der Waals surface area (Å²) < 4.78 is 5.15. The number of hydrogen-bond donors (Lipinski definition) is 0. The second kappa shape index (κ2) is 5.75. The molecule has 5 heteroatoms. The van der Waals surface area contributed by atoms with Gasteiger partial charge in [-0.1, -0.05) is 29.3 Å². The van der Waals surface area contributed by atoms with Crippen molar-refractivity contribution in [1.29, 1.82) is 5.26 Å². The first-order chi connectivity index (χ1) is 9.08. The lowest BCUT2D eigenvalue weighted by Gasteiger charge is -2.05. The molecule has 0 atom stereocenters. The molecule has 2 aromatic rings. The molecule has 0 spiro atoms. The number of carbonyl (C=O) groups excluding carboxylic acids is 1. The maximum atomic E-state index is 11.9. The lowest BCUT2D eigenvalue weighted by atomic mass is 10.2. The number of rotatable bonds is 2. The molecule has 0 amide bonds. The number of nitriles is 1. The average molecular weight is 292 g/mol. The summed E-state index contributed by atoms with van der Waals surface area (Å²) in [5.74, 6) is -0.292. The fourth-order valence-corrected chi connectivity index (χ4v) is 1.99. The van der Waals surface area contributed by atoms with Crippen LogP contribution in [0.2, 0.25) is 10.0 Å². The summed E-state index contributed by atoms with van der Waals surface area (Å²) in [4.78, 5) is 11.9. The zero-order valence-corrected chi connectivity index (χ0v) is 11.1. The summed E-state index contributed by atoms with van der Waals surface area (Å²) in [5, 5.41) is 9.46. The van der Waals surface area contributed by atoms with Gasteiger partial charge in [0.15, 0.2) is 0 Å². The summed E-state index contributed by atoms with van der Waals surface area (Å²) in [5.41, 5.74) is 0.661. The topological polar surface area (TPSA) is 50.1 Å². The highest BCUT2D eigenvalue weighted by atomic mass is 35.5. The lowest BCUT2D eigenvalue weighted by molar-refractivity contribution is 0.0735. The number of halogens is 2. The van der Waals surface area contributed by atoms with E-state index in [4.69, 9.17) is 33.2 Å². The quantitative estimate of drug-likeness (QED) is 0.619. The second-order valence-electron chi connectivity index (χ2n) is 3.69. The molecule has 0 unspecified atom stereocenters. The van der Waals surface area contributed by atoms with Crippen LogP contribution in [0.25, 0.3) is 0 Å². The van der Waals surface area contributed by atoms with E-state index in [0.717, 1.165) is 0 Å². The fourth-order valence-electron chi connectivity index (χ4n) is 1.47. The van der Waals surface area contributed by atoms with Gasteiger partial charge < -0.3 is 4.74 Å². The first-order valence-corrected chi connectivity index (χ1v) is 6.02. The van der Waals surface area contributed by atoms with E-state index in [9.17, 15) is 4.79 Å². The normalized spacial score (nSPS) is 9.74.